The van der Waals surface area contributed by atoms with E-state index in [2.05, 4.69) is 30.7 Å². The van der Waals surface area contributed by atoms with Crippen LogP contribution in [0, 0.1) is 0 Å². The van der Waals surface area contributed by atoms with E-state index in [0.717, 1.165) is 0 Å². The van der Waals surface area contributed by atoms with Crippen LogP contribution in [-0.2, 0) is 20.9 Å². The standard InChI is InChI=1S/C7H12N6O3/c1-2-16-7(15)5(8)6(14)9-3-4-10-12-13-11-4/h5H,2-3,8H2,1H3,(H,9,14)(H,10,11,12,13). The molecule has 0 spiro atoms. The third-order valence-electron chi connectivity index (χ3n) is 1.63. The molecule has 1 atom stereocenters. The smallest absolute Gasteiger partial charge is 0.332 e. The number of rotatable bonds is 5. The van der Waals surface area contributed by atoms with E-state index in [1.807, 2.05) is 0 Å². The summed E-state index contributed by atoms with van der Waals surface area (Å²) in [5.41, 5.74) is 5.34. The third kappa shape index (κ3) is 3.28. The van der Waals surface area contributed by atoms with Crippen molar-refractivity contribution in [2.24, 2.45) is 5.73 Å². The van der Waals surface area contributed by atoms with Crippen molar-refractivity contribution in [3.8, 4) is 0 Å². The lowest BCUT2D eigenvalue weighted by molar-refractivity contribution is -0.148. The van der Waals surface area contributed by atoms with Crippen molar-refractivity contribution < 1.29 is 14.3 Å². The molecule has 9 nitrogen and oxygen atoms in total. The van der Waals surface area contributed by atoms with E-state index in [4.69, 9.17) is 5.73 Å². The molecule has 0 fully saturated rings. The van der Waals surface area contributed by atoms with Gasteiger partial charge < -0.3 is 15.8 Å². The van der Waals surface area contributed by atoms with Crippen molar-refractivity contribution in [2.75, 3.05) is 6.61 Å². The summed E-state index contributed by atoms with van der Waals surface area (Å²) in [6, 6.07) is -1.34. The average Bonchev–Trinajstić information content (AvgIpc) is 2.78. The molecular formula is C7H12N6O3. The molecular weight excluding hydrogens is 216 g/mol. The Kier molecular flexibility index (Phi) is 4.33. The zero-order valence-corrected chi connectivity index (χ0v) is 8.64. The van der Waals surface area contributed by atoms with Crippen LogP contribution in [-0.4, -0.2) is 45.1 Å². The van der Waals surface area contributed by atoms with Gasteiger partial charge in [0.05, 0.1) is 13.2 Å². The highest BCUT2D eigenvalue weighted by molar-refractivity contribution is 6.01. The Labute approximate surface area is 90.7 Å². The summed E-state index contributed by atoms with van der Waals surface area (Å²) in [6.45, 7) is 1.84. The molecule has 9 heteroatoms. The second-order valence-electron chi connectivity index (χ2n) is 2.78. The maximum Gasteiger partial charge on any atom is 0.332 e. The van der Waals surface area contributed by atoms with Gasteiger partial charge in [-0.1, -0.05) is 5.21 Å². The predicted octanol–water partition coefficient (Wildman–Crippen LogP) is -2.29. The maximum atomic E-state index is 11.3. The Hall–Kier alpha value is -2.03. The fourth-order valence-corrected chi connectivity index (χ4v) is 0.873. The molecule has 0 bridgehead atoms. The van der Waals surface area contributed by atoms with E-state index in [1.54, 1.807) is 6.92 Å². The van der Waals surface area contributed by atoms with Crippen LogP contribution in [0.1, 0.15) is 12.7 Å². The number of hydrogen-bond donors (Lipinski definition) is 3. The van der Waals surface area contributed by atoms with Gasteiger partial charge in [0.1, 0.15) is 0 Å². The van der Waals surface area contributed by atoms with Gasteiger partial charge in [-0.25, -0.2) is 4.79 Å². The van der Waals surface area contributed by atoms with E-state index in [9.17, 15) is 9.59 Å². The molecule has 1 heterocycles. The summed E-state index contributed by atoms with van der Waals surface area (Å²) >= 11 is 0. The first-order valence-electron chi connectivity index (χ1n) is 4.57. The summed E-state index contributed by atoms with van der Waals surface area (Å²) in [4.78, 5) is 22.4. The minimum absolute atomic E-state index is 0.0441. The molecule has 1 aromatic rings. The molecule has 88 valence electrons. The van der Waals surface area contributed by atoms with Crippen molar-refractivity contribution in [3.63, 3.8) is 0 Å². The Morgan fingerprint density at radius 2 is 2.38 bits per heavy atom. The first-order chi connectivity index (χ1) is 7.65. The molecule has 0 saturated heterocycles. The molecule has 0 aromatic carbocycles. The molecule has 0 aliphatic carbocycles. The number of aromatic amines is 1. The molecule has 1 amide bonds. The van der Waals surface area contributed by atoms with Crippen molar-refractivity contribution in [1.29, 1.82) is 0 Å². The summed E-state index contributed by atoms with van der Waals surface area (Å²) in [5, 5.41) is 15.1. The first kappa shape index (κ1) is 12.0. The highest BCUT2D eigenvalue weighted by Gasteiger charge is 2.23. The molecule has 0 radical (unpaired) electrons. The quantitative estimate of drug-likeness (QED) is 0.381. The van der Waals surface area contributed by atoms with Crippen LogP contribution >= 0.6 is 0 Å². The largest absolute Gasteiger partial charge is 0.464 e. The van der Waals surface area contributed by atoms with Crippen LogP contribution in [0.4, 0.5) is 0 Å². The number of aromatic nitrogens is 4. The molecule has 1 unspecified atom stereocenters. The van der Waals surface area contributed by atoms with E-state index in [1.165, 1.54) is 0 Å². The fraction of sp³-hybridized carbons (Fsp3) is 0.571. The molecule has 1 rings (SSSR count). The van der Waals surface area contributed by atoms with Gasteiger partial charge in [-0.3, -0.25) is 4.79 Å². The number of nitrogens with one attached hydrogen (secondary N) is 2. The van der Waals surface area contributed by atoms with Crippen molar-refractivity contribution >= 4 is 11.9 Å². The number of tetrazole rings is 1. The number of esters is 1. The first-order valence-corrected chi connectivity index (χ1v) is 4.57. The highest BCUT2D eigenvalue weighted by Crippen LogP contribution is 1.88. The molecule has 4 N–H and O–H groups in total. The van der Waals surface area contributed by atoms with Crippen molar-refractivity contribution in [2.45, 2.75) is 19.5 Å². The topological polar surface area (TPSA) is 136 Å². The lowest BCUT2D eigenvalue weighted by Gasteiger charge is -2.09. The number of ether oxygens (including phenoxy) is 1. The minimum Gasteiger partial charge on any atom is -0.464 e. The summed E-state index contributed by atoms with van der Waals surface area (Å²) in [6.07, 6.45) is 0. The number of H-pyrrole nitrogens is 1. The van der Waals surface area contributed by atoms with Gasteiger partial charge in [0.25, 0.3) is 0 Å². The molecule has 0 aliphatic heterocycles. The summed E-state index contributed by atoms with van der Waals surface area (Å²) in [5.74, 6) is -1.12. The van der Waals surface area contributed by atoms with Crippen LogP contribution in [0.3, 0.4) is 0 Å². The van der Waals surface area contributed by atoms with E-state index >= 15 is 0 Å². The van der Waals surface area contributed by atoms with Gasteiger partial charge in [-0.05, 0) is 6.92 Å². The normalized spacial score (nSPS) is 11.9. The lowest BCUT2D eigenvalue weighted by Crippen LogP contribution is -2.46. The SMILES string of the molecule is CCOC(=O)C(N)C(=O)NCc1nn[nH]n1. The van der Waals surface area contributed by atoms with Crippen LogP contribution in [0.2, 0.25) is 0 Å². The van der Waals surface area contributed by atoms with Crippen LogP contribution in [0.5, 0.6) is 0 Å². The predicted molar refractivity (Wildman–Crippen MR) is 50.6 cm³/mol. The van der Waals surface area contributed by atoms with Crippen molar-refractivity contribution in [3.05, 3.63) is 5.82 Å². The second-order valence-corrected chi connectivity index (χ2v) is 2.78. The Balaban J connectivity index is 2.37. The van der Waals surface area contributed by atoms with E-state index in [-0.39, 0.29) is 13.2 Å². The van der Waals surface area contributed by atoms with Gasteiger partial charge in [0.2, 0.25) is 5.91 Å². The van der Waals surface area contributed by atoms with Gasteiger partial charge in [0.15, 0.2) is 11.9 Å². The molecule has 1 aromatic heterocycles. The number of hydrogen-bond acceptors (Lipinski definition) is 7. The highest BCUT2D eigenvalue weighted by atomic mass is 16.5. The molecule has 0 saturated carbocycles. The maximum absolute atomic E-state index is 11.3. The zero-order chi connectivity index (χ0) is 12.0. The molecule has 0 aliphatic rings. The van der Waals surface area contributed by atoms with Crippen LogP contribution < -0.4 is 11.1 Å². The van der Waals surface area contributed by atoms with Gasteiger partial charge >= 0.3 is 5.97 Å². The van der Waals surface area contributed by atoms with Crippen LogP contribution in [0.25, 0.3) is 0 Å². The van der Waals surface area contributed by atoms with E-state index in [0.29, 0.717) is 5.82 Å². The zero-order valence-electron chi connectivity index (χ0n) is 8.64. The second kappa shape index (κ2) is 5.75. The Morgan fingerprint density at radius 3 is 2.94 bits per heavy atom. The van der Waals surface area contributed by atoms with E-state index < -0.39 is 17.9 Å². The molecule has 16 heavy (non-hydrogen) atoms. The van der Waals surface area contributed by atoms with Crippen molar-refractivity contribution in [1.82, 2.24) is 25.9 Å². The summed E-state index contributed by atoms with van der Waals surface area (Å²) < 4.78 is 4.59. The Bertz CT molecular complexity index is 351. The lowest BCUT2D eigenvalue weighted by atomic mass is 10.3. The van der Waals surface area contributed by atoms with Crippen LogP contribution in [0.15, 0.2) is 0 Å². The average molecular weight is 228 g/mol. The fourth-order valence-electron chi connectivity index (χ4n) is 0.873. The number of nitrogens with two attached hydrogens (primary N) is 1. The number of amides is 1. The summed E-state index contributed by atoms with van der Waals surface area (Å²) in [7, 11) is 0. The van der Waals surface area contributed by atoms with Gasteiger partial charge in [0, 0.05) is 0 Å². The monoisotopic (exact) mass is 228 g/mol. The third-order valence-corrected chi connectivity index (χ3v) is 1.63. The number of carbonyl (C=O) groups excluding carboxylic acids is 2. The number of nitrogens with zero attached hydrogens (tertiary/aromatic N) is 3. The van der Waals surface area contributed by atoms with Gasteiger partial charge in [-0.15, -0.1) is 10.2 Å². The minimum atomic E-state index is -1.34. The number of carbonyl (C=O) groups is 2. The van der Waals surface area contributed by atoms with Gasteiger partial charge in [-0.2, -0.15) is 5.21 Å². The Morgan fingerprint density at radius 1 is 1.62 bits per heavy atom.